The third kappa shape index (κ3) is 6.20. The van der Waals surface area contributed by atoms with E-state index >= 15 is 0 Å². The van der Waals surface area contributed by atoms with Gasteiger partial charge in [0, 0.05) is 16.8 Å². The van der Waals surface area contributed by atoms with Crippen LogP contribution in [-0.2, 0) is 6.54 Å². The molecule has 2 aromatic carbocycles. The van der Waals surface area contributed by atoms with E-state index in [1.54, 1.807) is 23.6 Å². The smallest absolute Gasteiger partial charge is 0.214 e. The number of hydrogen-bond acceptors (Lipinski definition) is 7. The highest BCUT2D eigenvalue weighted by Gasteiger charge is 2.11. The van der Waals surface area contributed by atoms with E-state index in [2.05, 4.69) is 43.7 Å². The molecule has 0 radical (unpaired) electrons. The van der Waals surface area contributed by atoms with Crippen molar-refractivity contribution in [2.45, 2.75) is 31.5 Å². The number of para-hydroxylation sites is 1. The SMILES string of the molecule is CCCOc1cc(Br)c(CNCCCSc2nnnn2-c2ccccc2)cc1OC. The predicted octanol–water partition coefficient (Wildman–Crippen LogP) is 4.49. The zero-order valence-corrected chi connectivity index (χ0v) is 19.6. The van der Waals surface area contributed by atoms with Gasteiger partial charge in [0.2, 0.25) is 5.16 Å². The van der Waals surface area contributed by atoms with Gasteiger partial charge in [-0.15, -0.1) is 5.10 Å². The number of halogens is 1. The van der Waals surface area contributed by atoms with Crippen molar-refractivity contribution in [1.29, 1.82) is 0 Å². The summed E-state index contributed by atoms with van der Waals surface area (Å²) in [6, 6.07) is 13.9. The van der Waals surface area contributed by atoms with Crippen molar-refractivity contribution in [3.05, 3.63) is 52.5 Å². The molecule has 1 heterocycles. The molecule has 0 atom stereocenters. The minimum Gasteiger partial charge on any atom is -0.493 e. The predicted molar refractivity (Wildman–Crippen MR) is 123 cm³/mol. The molecule has 0 aliphatic heterocycles. The maximum absolute atomic E-state index is 5.75. The Kier molecular flexibility index (Phi) is 8.98. The molecule has 0 spiro atoms. The van der Waals surface area contributed by atoms with Gasteiger partial charge in [-0.25, -0.2) is 0 Å². The number of thioether (sulfide) groups is 1. The molecule has 1 aromatic heterocycles. The van der Waals surface area contributed by atoms with E-state index in [0.717, 1.165) is 64.1 Å². The van der Waals surface area contributed by atoms with E-state index in [4.69, 9.17) is 9.47 Å². The van der Waals surface area contributed by atoms with Gasteiger partial charge in [-0.1, -0.05) is 52.8 Å². The second-order valence-corrected chi connectivity index (χ2v) is 8.45. The van der Waals surface area contributed by atoms with Gasteiger partial charge in [0.1, 0.15) is 0 Å². The van der Waals surface area contributed by atoms with Gasteiger partial charge in [0.05, 0.1) is 19.4 Å². The number of rotatable bonds is 12. The number of ether oxygens (including phenoxy) is 2. The summed E-state index contributed by atoms with van der Waals surface area (Å²) in [5.74, 6) is 2.45. The first-order valence-corrected chi connectivity index (χ1v) is 11.7. The van der Waals surface area contributed by atoms with Crippen LogP contribution in [0.3, 0.4) is 0 Å². The molecule has 0 saturated carbocycles. The first-order valence-electron chi connectivity index (χ1n) is 9.89. The monoisotopic (exact) mass is 491 g/mol. The Labute approximate surface area is 189 Å². The molecular formula is C21H26BrN5O2S. The van der Waals surface area contributed by atoms with Crippen LogP contribution in [0, 0.1) is 0 Å². The molecule has 30 heavy (non-hydrogen) atoms. The molecule has 3 rings (SSSR count). The second kappa shape index (κ2) is 11.9. The number of nitrogens with one attached hydrogen (secondary N) is 1. The number of benzene rings is 2. The first kappa shape index (κ1) is 22.6. The normalized spacial score (nSPS) is 10.9. The van der Waals surface area contributed by atoms with E-state index in [-0.39, 0.29) is 0 Å². The van der Waals surface area contributed by atoms with Crippen molar-refractivity contribution >= 4 is 27.7 Å². The van der Waals surface area contributed by atoms with E-state index in [1.807, 2.05) is 42.5 Å². The Balaban J connectivity index is 1.45. The molecule has 160 valence electrons. The van der Waals surface area contributed by atoms with Crippen molar-refractivity contribution in [3.8, 4) is 17.2 Å². The molecular weight excluding hydrogens is 466 g/mol. The van der Waals surface area contributed by atoms with Gasteiger partial charge in [-0.3, -0.25) is 0 Å². The Morgan fingerprint density at radius 1 is 1.17 bits per heavy atom. The maximum atomic E-state index is 5.75. The van der Waals surface area contributed by atoms with Crippen molar-refractivity contribution in [2.24, 2.45) is 0 Å². The Bertz CT molecular complexity index is 923. The Morgan fingerprint density at radius 2 is 2.00 bits per heavy atom. The lowest BCUT2D eigenvalue weighted by molar-refractivity contribution is 0.294. The Morgan fingerprint density at radius 3 is 2.77 bits per heavy atom. The summed E-state index contributed by atoms with van der Waals surface area (Å²) in [5, 5.41) is 16.3. The molecule has 0 bridgehead atoms. The van der Waals surface area contributed by atoms with Gasteiger partial charge < -0.3 is 14.8 Å². The third-order valence-corrected chi connectivity index (χ3v) is 6.02. The molecule has 0 unspecified atom stereocenters. The van der Waals surface area contributed by atoms with E-state index in [1.165, 1.54) is 0 Å². The van der Waals surface area contributed by atoms with Crippen molar-refractivity contribution in [1.82, 2.24) is 25.5 Å². The summed E-state index contributed by atoms with van der Waals surface area (Å²) in [6.07, 6.45) is 1.96. The molecule has 0 aliphatic rings. The van der Waals surface area contributed by atoms with Gasteiger partial charge in [0.15, 0.2) is 11.5 Å². The summed E-state index contributed by atoms with van der Waals surface area (Å²) in [7, 11) is 1.67. The zero-order valence-electron chi connectivity index (χ0n) is 17.2. The fourth-order valence-corrected chi connectivity index (χ4v) is 4.07. The number of aromatic nitrogens is 4. The van der Waals surface area contributed by atoms with Gasteiger partial charge in [-0.2, -0.15) is 4.68 Å². The standard InChI is InChI=1S/C21H26BrN5O2S/c1-3-11-29-20-14-18(22)16(13-19(20)28-2)15-23-10-7-12-30-21-24-25-26-27(21)17-8-5-4-6-9-17/h4-6,8-9,13-14,23H,3,7,10-12,15H2,1-2H3. The number of methoxy groups -OCH3 is 1. The highest BCUT2D eigenvalue weighted by Crippen LogP contribution is 2.33. The van der Waals surface area contributed by atoms with Crippen LogP contribution in [0.4, 0.5) is 0 Å². The molecule has 1 N–H and O–H groups in total. The highest BCUT2D eigenvalue weighted by atomic mass is 79.9. The maximum Gasteiger partial charge on any atom is 0.214 e. The molecule has 0 amide bonds. The van der Waals surface area contributed by atoms with Crippen LogP contribution in [0.2, 0.25) is 0 Å². The topological polar surface area (TPSA) is 74.1 Å². The van der Waals surface area contributed by atoms with Crippen LogP contribution in [0.15, 0.2) is 52.1 Å². The summed E-state index contributed by atoms with van der Waals surface area (Å²) in [6.45, 7) is 4.39. The molecule has 9 heteroatoms. The lowest BCUT2D eigenvalue weighted by Crippen LogP contribution is -2.16. The van der Waals surface area contributed by atoms with E-state index in [9.17, 15) is 0 Å². The quantitative estimate of drug-likeness (QED) is 0.295. The minimum atomic E-state index is 0.672. The fourth-order valence-electron chi connectivity index (χ4n) is 2.78. The fraction of sp³-hybridized carbons (Fsp3) is 0.381. The van der Waals surface area contributed by atoms with Crippen LogP contribution in [-0.4, -0.2) is 46.2 Å². The Hall–Kier alpha value is -2.10. The largest absolute Gasteiger partial charge is 0.493 e. The van der Waals surface area contributed by atoms with Crippen LogP contribution in [0.1, 0.15) is 25.3 Å². The summed E-state index contributed by atoms with van der Waals surface area (Å²) < 4.78 is 14.0. The number of hydrogen-bond donors (Lipinski definition) is 1. The summed E-state index contributed by atoms with van der Waals surface area (Å²) >= 11 is 5.29. The number of nitrogens with zero attached hydrogens (tertiary/aromatic N) is 4. The van der Waals surface area contributed by atoms with Crippen LogP contribution < -0.4 is 14.8 Å². The molecule has 0 saturated heterocycles. The summed E-state index contributed by atoms with van der Waals surface area (Å²) in [4.78, 5) is 0. The van der Waals surface area contributed by atoms with Gasteiger partial charge >= 0.3 is 0 Å². The average Bonchev–Trinajstić information content (AvgIpc) is 3.24. The van der Waals surface area contributed by atoms with Crippen LogP contribution >= 0.6 is 27.7 Å². The molecule has 0 fully saturated rings. The molecule has 3 aromatic rings. The summed E-state index contributed by atoms with van der Waals surface area (Å²) in [5.41, 5.74) is 2.10. The molecule has 0 aliphatic carbocycles. The van der Waals surface area contributed by atoms with Crippen LogP contribution in [0.5, 0.6) is 11.5 Å². The molecule has 7 nitrogen and oxygen atoms in total. The first-order chi connectivity index (χ1) is 14.7. The number of tetrazole rings is 1. The van der Waals surface area contributed by atoms with Crippen molar-refractivity contribution in [3.63, 3.8) is 0 Å². The second-order valence-electron chi connectivity index (χ2n) is 6.53. The van der Waals surface area contributed by atoms with E-state index < -0.39 is 0 Å². The van der Waals surface area contributed by atoms with Crippen LogP contribution in [0.25, 0.3) is 5.69 Å². The lowest BCUT2D eigenvalue weighted by atomic mass is 10.2. The minimum absolute atomic E-state index is 0.672. The van der Waals surface area contributed by atoms with E-state index in [0.29, 0.717) is 6.61 Å². The van der Waals surface area contributed by atoms with Crippen molar-refractivity contribution < 1.29 is 9.47 Å². The van der Waals surface area contributed by atoms with Gasteiger partial charge in [0.25, 0.3) is 0 Å². The zero-order chi connectivity index (χ0) is 21.2. The van der Waals surface area contributed by atoms with Crippen molar-refractivity contribution in [2.75, 3.05) is 26.0 Å². The average molecular weight is 492 g/mol. The van der Waals surface area contributed by atoms with Gasteiger partial charge in [-0.05, 0) is 59.6 Å². The highest BCUT2D eigenvalue weighted by molar-refractivity contribution is 9.10. The third-order valence-electron chi connectivity index (χ3n) is 4.28. The lowest BCUT2D eigenvalue weighted by Gasteiger charge is -2.14.